The van der Waals surface area contributed by atoms with Crippen LogP contribution in [-0.2, 0) is 71.7 Å². The molecule has 0 amide bonds. The predicted molar refractivity (Wildman–Crippen MR) is 87.0 cm³/mol. The molecular formula is C10H24F6N4O8Pt2S+4. The summed E-state index contributed by atoms with van der Waals surface area (Å²) in [6.45, 7) is 1.87. The van der Waals surface area contributed by atoms with E-state index < -0.39 is 58.7 Å². The zero-order chi connectivity index (χ0) is 21.2. The molecule has 0 aliphatic rings. The molecule has 31 heavy (non-hydrogen) atoms. The number of carbonyl (C=O) groups excluding carboxylic acids is 4. The van der Waals surface area contributed by atoms with Crippen LogP contribution in [0.1, 0.15) is 26.7 Å². The fourth-order valence-corrected chi connectivity index (χ4v) is 0.653. The molecule has 0 fully saturated rings. The van der Waals surface area contributed by atoms with Crippen molar-refractivity contribution < 1.29 is 105 Å². The van der Waals surface area contributed by atoms with Gasteiger partial charge in [-0.05, 0) is 13.8 Å². The fourth-order valence-electron chi connectivity index (χ4n) is 0.653. The molecule has 0 saturated carbocycles. The van der Waals surface area contributed by atoms with Gasteiger partial charge < -0.3 is 24.6 Å². The van der Waals surface area contributed by atoms with Gasteiger partial charge in [-0.3, -0.25) is 28.3 Å². The van der Waals surface area contributed by atoms with Crippen LogP contribution in [0, 0.1) is 0 Å². The van der Waals surface area contributed by atoms with Crippen molar-refractivity contribution in [1.29, 1.82) is 0 Å². The second-order valence-corrected chi connectivity index (χ2v) is 4.94. The van der Waals surface area contributed by atoms with E-state index in [1.54, 1.807) is 0 Å². The normalized spacial score (nSPS) is 9.10. The molecule has 0 bridgehead atoms. The van der Waals surface area contributed by atoms with Crippen LogP contribution in [0.5, 0.6) is 0 Å². The topological polar surface area (TPSA) is 283 Å². The summed E-state index contributed by atoms with van der Waals surface area (Å²) in [5.41, 5.74) is 0. The summed E-state index contributed by atoms with van der Waals surface area (Å²) >= 11 is 0. The van der Waals surface area contributed by atoms with Crippen LogP contribution in [0.2, 0.25) is 0 Å². The second kappa shape index (κ2) is 24.0. The molecule has 0 heterocycles. The molecule has 0 aromatic rings. The number of carbonyl (C=O) groups is 4. The van der Waals surface area contributed by atoms with Crippen LogP contribution in [0.25, 0.3) is 0 Å². The molecule has 0 aromatic heterocycles. The van der Waals surface area contributed by atoms with Gasteiger partial charge in [-0.1, -0.05) is 0 Å². The number of alkyl halides is 6. The van der Waals surface area contributed by atoms with Crippen molar-refractivity contribution in [2.24, 2.45) is 0 Å². The Morgan fingerprint density at radius 3 is 0.806 bits per heavy atom. The van der Waals surface area contributed by atoms with E-state index in [1.165, 1.54) is 0 Å². The minimum absolute atomic E-state index is 0. The Morgan fingerprint density at radius 1 is 0.645 bits per heavy atom. The Bertz CT molecular complexity index is 571. The average Bonchev–Trinajstić information content (AvgIpc) is 2.22. The van der Waals surface area contributed by atoms with Crippen LogP contribution in [0.4, 0.5) is 26.3 Å². The maximum absolute atomic E-state index is 11.3. The third-order valence-electron chi connectivity index (χ3n) is 1.45. The monoisotopic (exact) mass is 864 g/mol. The summed E-state index contributed by atoms with van der Waals surface area (Å²) in [5.74, 6) is -5.52. The maximum Gasteiger partial charge on any atom is 2.00 e. The first-order chi connectivity index (χ1) is 10.7. The summed E-state index contributed by atoms with van der Waals surface area (Å²) in [6.07, 6.45) is -11.8. The van der Waals surface area contributed by atoms with E-state index in [2.05, 4.69) is 0 Å². The van der Waals surface area contributed by atoms with Crippen molar-refractivity contribution in [3.05, 3.63) is 0 Å². The van der Waals surface area contributed by atoms with E-state index >= 15 is 0 Å². The number of halogens is 6. The number of rotatable bonds is 4. The van der Waals surface area contributed by atoms with Crippen molar-refractivity contribution in [3.8, 4) is 0 Å². The zero-order valence-electron chi connectivity index (χ0n) is 15.9. The van der Waals surface area contributed by atoms with Crippen molar-refractivity contribution in [1.82, 2.24) is 24.6 Å². The van der Waals surface area contributed by atoms with Crippen LogP contribution in [-0.4, -0.2) is 53.0 Å². The van der Waals surface area contributed by atoms with Gasteiger partial charge >= 0.3 is 64.9 Å². The molecule has 12 nitrogen and oxygen atoms in total. The van der Waals surface area contributed by atoms with Crippen molar-refractivity contribution >= 4 is 33.5 Å². The van der Waals surface area contributed by atoms with Gasteiger partial charge in [0.05, 0.1) is 12.8 Å². The summed E-state index contributed by atoms with van der Waals surface area (Å²) < 4.78 is 99.4. The van der Waals surface area contributed by atoms with E-state index in [1.807, 2.05) is 0 Å². The number of ketones is 4. The molecule has 14 N–H and O–H groups in total. The number of Topliss-reactive ketones (excluding diaryl/α,β-unsaturated/α-hetero) is 4. The van der Waals surface area contributed by atoms with Crippen LogP contribution < -0.4 is 24.6 Å². The molecule has 0 spiro atoms. The van der Waals surface area contributed by atoms with Crippen molar-refractivity contribution in [2.45, 2.75) is 39.0 Å². The maximum atomic E-state index is 11.3. The Morgan fingerprint density at radius 2 is 0.774 bits per heavy atom. The van der Waals surface area contributed by atoms with Crippen molar-refractivity contribution in [3.63, 3.8) is 0 Å². The molecule has 0 unspecified atom stereocenters. The van der Waals surface area contributed by atoms with Gasteiger partial charge in [-0.25, -0.2) is 0 Å². The van der Waals surface area contributed by atoms with E-state index in [9.17, 15) is 45.5 Å². The smallest absolute Gasteiger partial charge is 0.344 e. The number of hydrogen-bond donors (Lipinski definition) is 6. The first-order valence-electron chi connectivity index (χ1n) is 5.56. The van der Waals surface area contributed by atoms with Gasteiger partial charge in [0.1, 0.15) is 11.6 Å². The molecule has 0 saturated heterocycles. The molecule has 0 radical (unpaired) electrons. The molecular weight excluding hydrogens is 840 g/mol. The first kappa shape index (κ1) is 57.4. The summed E-state index contributed by atoms with van der Waals surface area (Å²) in [6, 6.07) is 0. The largest absolute Gasteiger partial charge is 2.00 e. The minimum Gasteiger partial charge on any atom is -0.344 e. The van der Waals surface area contributed by atoms with E-state index in [-0.39, 0.29) is 66.7 Å². The second-order valence-electron chi connectivity index (χ2n) is 4.05. The van der Waals surface area contributed by atoms with Crippen LogP contribution >= 0.6 is 0 Å². The fraction of sp³-hybridized carbons (Fsp3) is 0.600. The zero-order valence-corrected chi connectivity index (χ0v) is 21.3. The Kier molecular flexibility index (Phi) is 44.4. The summed E-state index contributed by atoms with van der Waals surface area (Å²) in [4.78, 5) is 39.8. The molecule has 21 heteroatoms. The van der Waals surface area contributed by atoms with Gasteiger partial charge in [-0.2, -0.15) is 34.8 Å². The standard InChI is InChI=1S/2C5H5F3O2.4H3N.H2O4S.2Pt/c2*1-3(9)2-4(10)5(6,7)8;;;;;1-5(2,3)4;;/h2*2H2,1H3;4*1H3;(H2,1,2,3,4);;/q;;;;;;;2*+2. The molecule has 0 rings (SSSR count). The Hall–Kier alpha value is -0.653. The van der Waals surface area contributed by atoms with Crippen LogP contribution in [0.3, 0.4) is 0 Å². The minimum atomic E-state index is -4.87. The first-order valence-corrected chi connectivity index (χ1v) is 6.96. The quantitative estimate of drug-likeness (QED) is 0.135. The van der Waals surface area contributed by atoms with Crippen LogP contribution in [0.15, 0.2) is 0 Å². The molecule has 0 atom stereocenters. The number of hydrogen-bond acceptors (Lipinski definition) is 10. The predicted octanol–water partition coefficient (Wildman–Crippen LogP) is 2.18. The van der Waals surface area contributed by atoms with Gasteiger partial charge in [0, 0.05) is 0 Å². The Balaban J connectivity index is -0.0000000318. The summed E-state index contributed by atoms with van der Waals surface area (Å²) in [7, 11) is -4.67. The molecule has 0 aromatic carbocycles. The van der Waals surface area contributed by atoms with Gasteiger partial charge in [0.2, 0.25) is 11.6 Å². The average molecular weight is 865 g/mol. The van der Waals surface area contributed by atoms with Gasteiger partial charge in [0.15, 0.2) is 0 Å². The van der Waals surface area contributed by atoms with Gasteiger partial charge in [0.25, 0.3) is 0 Å². The van der Waals surface area contributed by atoms with E-state index in [0.29, 0.717) is 0 Å². The summed E-state index contributed by atoms with van der Waals surface area (Å²) in [5, 5.41) is 0. The Labute approximate surface area is 202 Å². The van der Waals surface area contributed by atoms with E-state index in [0.717, 1.165) is 13.8 Å². The van der Waals surface area contributed by atoms with Gasteiger partial charge in [-0.15, -0.1) is 0 Å². The molecule has 0 aliphatic heterocycles. The molecule has 0 aliphatic carbocycles. The third kappa shape index (κ3) is 58.6. The van der Waals surface area contributed by atoms with E-state index in [4.69, 9.17) is 17.5 Å². The third-order valence-corrected chi connectivity index (χ3v) is 1.45. The molecule has 196 valence electrons. The SMILES string of the molecule is CC(=O)CC(=O)C(F)(F)F.CC(=O)CC(=O)C(F)(F)F.N.N.N.N.O=S(=O)(O)O.[Pt+2].[Pt+2]. The van der Waals surface area contributed by atoms with Crippen molar-refractivity contribution in [2.75, 3.05) is 0 Å².